The van der Waals surface area contributed by atoms with Crippen LogP contribution in [0.2, 0.25) is 0 Å². The second kappa shape index (κ2) is 5.96. The van der Waals surface area contributed by atoms with Gasteiger partial charge in [0.1, 0.15) is 0 Å². The number of fused-ring (bicyclic) bond motifs is 4. The summed E-state index contributed by atoms with van der Waals surface area (Å²) >= 11 is 0. The lowest BCUT2D eigenvalue weighted by atomic mass is 9.35. The van der Waals surface area contributed by atoms with Crippen LogP contribution < -0.4 is 0 Å². The van der Waals surface area contributed by atoms with E-state index in [0.29, 0.717) is 12.8 Å². The van der Waals surface area contributed by atoms with Crippen molar-refractivity contribution in [1.82, 2.24) is 0 Å². The van der Waals surface area contributed by atoms with Gasteiger partial charge < -0.3 is 9.84 Å². The van der Waals surface area contributed by atoms with E-state index in [0.717, 1.165) is 11.1 Å². The minimum absolute atomic E-state index is 0.0328. The Morgan fingerprint density at radius 3 is 2.16 bits per heavy atom. The van der Waals surface area contributed by atoms with Crippen LogP contribution in [-0.2, 0) is 23.9 Å². The number of esters is 1. The second-order valence-electron chi connectivity index (χ2n) is 11.2. The van der Waals surface area contributed by atoms with Gasteiger partial charge in [-0.05, 0) is 51.7 Å². The molecule has 0 aromatic heterocycles. The van der Waals surface area contributed by atoms with Gasteiger partial charge >= 0.3 is 5.97 Å². The number of aliphatic hydroxyl groups is 1. The van der Waals surface area contributed by atoms with Gasteiger partial charge in [0.05, 0.1) is 12.5 Å². The second-order valence-corrected chi connectivity index (χ2v) is 11.2. The van der Waals surface area contributed by atoms with Crippen molar-refractivity contribution in [3.8, 4) is 0 Å². The summed E-state index contributed by atoms with van der Waals surface area (Å²) in [7, 11) is 1.21. The molecule has 0 amide bonds. The minimum atomic E-state index is -2.33. The van der Waals surface area contributed by atoms with E-state index in [9.17, 15) is 24.3 Å². The van der Waals surface area contributed by atoms with Crippen LogP contribution in [0.1, 0.15) is 60.8 Å². The Morgan fingerprint density at radius 1 is 1.06 bits per heavy atom. The number of ether oxygens (including phenoxy) is 1. The average molecular weight is 441 g/mol. The summed E-state index contributed by atoms with van der Waals surface area (Å²) in [6.45, 7) is 14.6. The van der Waals surface area contributed by atoms with Crippen LogP contribution in [-0.4, -0.2) is 41.1 Å². The lowest BCUT2D eigenvalue weighted by molar-refractivity contribution is -0.185. The molecule has 1 spiro atoms. The van der Waals surface area contributed by atoms with Crippen LogP contribution in [0.5, 0.6) is 0 Å². The number of Topliss-reactive ketones (excluding diaryl/α,β-unsaturated/α-hetero) is 2. The summed E-state index contributed by atoms with van der Waals surface area (Å²) in [5, 5.41) is 11.1. The Balaban J connectivity index is 2.12. The Bertz CT molecular complexity index is 1080. The fourth-order valence-electron chi connectivity index (χ4n) is 7.47. The molecule has 0 heterocycles. The molecule has 0 radical (unpaired) electrons. The van der Waals surface area contributed by atoms with Crippen LogP contribution in [0.15, 0.2) is 35.5 Å². The van der Waals surface area contributed by atoms with Crippen molar-refractivity contribution < 1.29 is 29.0 Å². The summed E-state index contributed by atoms with van der Waals surface area (Å²) in [6, 6.07) is 0. The maximum atomic E-state index is 13.9. The number of hydrogen-bond acceptors (Lipinski definition) is 6. The van der Waals surface area contributed by atoms with Gasteiger partial charge in [-0.2, -0.15) is 0 Å². The summed E-state index contributed by atoms with van der Waals surface area (Å²) in [5.41, 5.74) is -5.90. The van der Waals surface area contributed by atoms with Gasteiger partial charge in [0.25, 0.3) is 0 Å². The maximum absolute atomic E-state index is 13.9. The van der Waals surface area contributed by atoms with E-state index >= 15 is 0 Å². The highest BCUT2D eigenvalue weighted by atomic mass is 16.5. The number of methoxy groups -OCH3 is 1. The van der Waals surface area contributed by atoms with Gasteiger partial charge in [0.2, 0.25) is 0 Å². The van der Waals surface area contributed by atoms with Crippen molar-refractivity contribution in [1.29, 1.82) is 0 Å². The molecule has 4 aliphatic carbocycles. The van der Waals surface area contributed by atoms with Crippen LogP contribution in [0, 0.1) is 27.1 Å². The third-order valence-electron chi connectivity index (χ3n) is 9.75. The molecular weight excluding hydrogens is 408 g/mol. The van der Waals surface area contributed by atoms with Crippen molar-refractivity contribution in [2.45, 2.75) is 66.4 Å². The van der Waals surface area contributed by atoms with Gasteiger partial charge in [-0.15, -0.1) is 0 Å². The summed E-state index contributed by atoms with van der Waals surface area (Å²) in [5.74, 6) is -2.29. The number of rotatable bonds is 1. The van der Waals surface area contributed by atoms with Crippen molar-refractivity contribution >= 4 is 23.3 Å². The molecule has 4 rings (SSSR count). The number of carbonyl (C=O) groups excluding carboxylic acids is 4. The molecule has 0 aliphatic heterocycles. The molecule has 2 saturated carbocycles. The first-order chi connectivity index (χ1) is 14.5. The molecule has 6 nitrogen and oxygen atoms in total. The van der Waals surface area contributed by atoms with E-state index in [1.165, 1.54) is 14.0 Å². The van der Waals surface area contributed by atoms with Crippen LogP contribution >= 0.6 is 0 Å². The quantitative estimate of drug-likeness (QED) is 0.382. The Hall–Kier alpha value is -2.34. The predicted molar refractivity (Wildman–Crippen MR) is 117 cm³/mol. The molecule has 4 aliphatic rings. The zero-order valence-electron chi connectivity index (χ0n) is 20.0. The van der Waals surface area contributed by atoms with Crippen molar-refractivity contribution in [3.63, 3.8) is 0 Å². The van der Waals surface area contributed by atoms with E-state index in [2.05, 4.69) is 6.58 Å². The molecule has 0 unspecified atom stereocenters. The maximum Gasteiger partial charge on any atom is 0.324 e. The first-order valence-electron chi connectivity index (χ1n) is 11.1. The largest absolute Gasteiger partial charge is 0.468 e. The number of carbonyl (C=O) groups is 4. The van der Waals surface area contributed by atoms with Crippen molar-refractivity contribution in [2.75, 3.05) is 7.11 Å². The van der Waals surface area contributed by atoms with Gasteiger partial charge in [-0.1, -0.05) is 44.6 Å². The topological polar surface area (TPSA) is 97.7 Å². The SMILES string of the molecule is C=C1[C@]2(C)CC3=C(C)[C@]4(C=CC(=O)C4(C)C)CC[C@]3(C)[C@@]1(C(=O)OC)C(=O)[C@@](C)(O)C2=O. The first-order valence-corrected chi connectivity index (χ1v) is 11.1. The zero-order valence-corrected chi connectivity index (χ0v) is 20.0. The molecule has 1 N–H and O–H groups in total. The molecule has 0 saturated heterocycles. The summed E-state index contributed by atoms with van der Waals surface area (Å²) < 4.78 is 5.17. The van der Waals surface area contributed by atoms with Gasteiger partial charge in [-0.25, -0.2) is 0 Å². The van der Waals surface area contributed by atoms with E-state index in [-0.39, 0.29) is 17.8 Å². The lowest BCUT2D eigenvalue weighted by Crippen LogP contribution is -2.74. The molecule has 172 valence electrons. The highest BCUT2D eigenvalue weighted by Crippen LogP contribution is 2.73. The minimum Gasteiger partial charge on any atom is -0.468 e. The Kier molecular flexibility index (Phi) is 4.25. The molecule has 5 atom stereocenters. The fraction of sp³-hybridized carbons (Fsp3) is 0.615. The molecule has 2 bridgehead atoms. The monoisotopic (exact) mass is 440 g/mol. The van der Waals surface area contributed by atoms with Crippen molar-refractivity contribution in [3.05, 3.63) is 35.5 Å². The Morgan fingerprint density at radius 2 is 1.66 bits per heavy atom. The molecule has 32 heavy (non-hydrogen) atoms. The van der Waals surface area contributed by atoms with Crippen LogP contribution in [0.4, 0.5) is 0 Å². The van der Waals surface area contributed by atoms with Crippen LogP contribution in [0.25, 0.3) is 0 Å². The third kappa shape index (κ3) is 1.98. The van der Waals surface area contributed by atoms with E-state index in [1.54, 1.807) is 13.0 Å². The highest BCUT2D eigenvalue weighted by Gasteiger charge is 2.78. The number of hydrogen-bond donors (Lipinski definition) is 1. The van der Waals surface area contributed by atoms with Gasteiger partial charge in [0.15, 0.2) is 28.4 Å². The van der Waals surface area contributed by atoms with Crippen LogP contribution in [0.3, 0.4) is 0 Å². The fourth-order valence-corrected chi connectivity index (χ4v) is 7.47. The normalized spacial score (nSPS) is 44.9. The zero-order chi connectivity index (χ0) is 24.3. The van der Waals surface area contributed by atoms with E-state index < -0.39 is 50.2 Å². The van der Waals surface area contributed by atoms with Gasteiger partial charge in [-0.3, -0.25) is 19.2 Å². The van der Waals surface area contributed by atoms with E-state index in [4.69, 9.17) is 4.74 Å². The number of ketones is 3. The molecule has 6 heteroatoms. The van der Waals surface area contributed by atoms with Gasteiger partial charge in [0, 0.05) is 16.2 Å². The lowest BCUT2D eigenvalue weighted by Gasteiger charge is -2.65. The predicted octanol–water partition coefficient (Wildman–Crippen LogP) is 3.28. The Labute approximate surface area is 188 Å². The van der Waals surface area contributed by atoms with Crippen molar-refractivity contribution in [2.24, 2.45) is 27.1 Å². The highest BCUT2D eigenvalue weighted by molar-refractivity contribution is 6.26. The summed E-state index contributed by atoms with van der Waals surface area (Å²) in [6.07, 6.45) is 4.74. The number of allylic oxidation sites excluding steroid dienone is 4. The standard InChI is InChI=1S/C26H32O6/c1-14-16-13-22(5)15(2)26(20(30)32-8,19(29)24(7,31)18(22)28)23(16,6)11-12-25(14)10-9-17(27)21(25,3)4/h9-10,31H,2,11-13H2,1,3-8H3/t22-,23-,24-,25-,26+/m0/s1. The smallest absolute Gasteiger partial charge is 0.324 e. The first kappa shape index (κ1) is 22.8. The summed E-state index contributed by atoms with van der Waals surface area (Å²) in [4.78, 5) is 53.6. The molecular formula is C26H32O6. The van der Waals surface area contributed by atoms with E-state index in [1.807, 2.05) is 33.8 Å². The third-order valence-corrected chi connectivity index (χ3v) is 9.75. The molecule has 0 aromatic carbocycles. The molecule has 2 fully saturated rings. The molecule has 0 aromatic rings. The average Bonchev–Trinajstić information content (AvgIpc) is 2.96.